The van der Waals surface area contributed by atoms with Crippen LogP contribution in [0.5, 0.6) is 0 Å². The van der Waals surface area contributed by atoms with Crippen LogP contribution in [0.2, 0.25) is 0 Å². The van der Waals surface area contributed by atoms with Crippen molar-refractivity contribution in [3.05, 3.63) is 70.9 Å². The van der Waals surface area contributed by atoms with E-state index in [0.29, 0.717) is 6.61 Å². The number of carbonyl (C=O) groups excluding carboxylic acids is 1. The Morgan fingerprint density at radius 1 is 1.09 bits per heavy atom. The summed E-state index contributed by atoms with van der Waals surface area (Å²) in [4.78, 5) is 15.3. The van der Waals surface area contributed by atoms with Crippen LogP contribution < -0.4 is 0 Å². The molecule has 112 valence electrons. The van der Waals surface area contributed by atoms with Crippen molar-refractivity contribution in [2.75, 3.05) is 0 Å². The van der Waals surface area contributed by atoms with Gasteiger partial charge in [-0.3, -0.25) is 4.79 Å². The van der Waals surface area contributed by atoms with Gasteiger partial charge in [-0.25, -0.2) is 0 Å². The van der Waals surface area contributed by atoms with Crippen molar-refractivity contribution in [1.82, 2.24) is 4.98 Å². The number of nitrogens with one attached hydrogen (secondary N) is 1. The molecular formula is C19H19NO2. The number of aromatic amines is 1. The van der Waals surface area contributed by atoms with Gasteiger partial charge >= 0.3 is 5.97 Å². The van der Waals surface area contributed by atoms with Gasteiger partial charge in [0.2, 0.25) is 0 Å². The molecule has 1 heterocycles. The van der Waals surface area contributed by atoms with Crippen molar-refractivity contribution >= 4 is 16.9 Å². The fraction of sp³-hybridized carbons (Fsp3) is 0.211. The largest absolute Gasteiger partial charge is 0.461 e. The molecule has 3 heteroatoms. The summed E-state index contributed by atoms with van der Waals surface area (Å²) in [6, 6.07) is 14.1. The summed E-state index contributed by atoms with van der Waals surface area (Å²) < 4.78 is 5.43. The van der Waals surface area contributed by atoms with Gasteiger partial charge in [-0.15, -0.1) is 0 Å². The number of benzene rings is 2. The molecule has 0 saturated carbocycles. The summed E-state index contributed by atoms with van der Waals surface area (Å²) in [5.74, 6) is -0.203. The fourth-order valence-electron chi connectivity index (χ4n) is 2.60. The minimum absolute atomic E-state index is 0.203. The number of carbonyl (C=O) groups is 1. The highest BCUT2D eigenvalue weighted by Crippen LogP contribution is 2.19. The number of ether oxygens (including phenoxy) is 1. The zero-order valence-electron chi connectivity index (χ0n) is 12.8. The van der Waals surface area contributed by atoms with Crippen molar-refractivity contribution in [3.63, 3.8) is 0 Å². The molecule has 22 heavy (non-hydrogen) atoms. The number of hydrogen-bond acceptors (Lipinski definition) is 2. The molecule has 0 saturated heterocycles. The molecule has 2 aromatic carbocycles. The molecule has 3 rings (SSSR count). The van der Waals surface area contributed by atoms with Crippen LogP contribution in [0.3, 0.4) is 0 Å². The molecule has 1 aromatic heterocycles. The van der Waals surface area contributed by atoms with E-state index in [2.05, 4.69) is 23.2 Å². The molecule has 0 aliphatic heterocycles. The lowest BCUT2D eigenvalue weighted by molar-refractivity contribution is -0.144. The third-order valence-electron chi connectivity index (χ3n) is 3.90. The zero-order valence-corrected chi connectivity index (χ0v) is 12.8. The van der Waals surface area contributed by atoms with Crippen LogP contribution in [0.25, 0.3) is 10.9 Å². The molecule has 0 amide bonds. The Morgan fingerprint density at radius 3 is 2.77 bits per heavy atom. The second-order valence-electron chi connectivity index (χ2n) is 5.63. The Bertz CT molecular complexity index is 817. The van der Waals surface area contributed by atoms with Gasteiger partial charge in [0.15, 0.2) is 0 Å². The van der Waals surface area contributed by atoms with E-state index < -0.39 is 0 Å². The summed E-state index contributed by atoms with van der Waals surface area (Å²) in [6.45, 7) is 4.40. The third kappa shape index (κ3) is 3.03. The normalized spacial score (nSPS) is 10.8. The lowest BCUT2D eigenvalue weighted by Crippen LogP contribution is -2.08. The molecular weight excluding hydrogens is 274 g/mol. The number of hydrogen-bond donors (Lipinski definition) is 1. The number of rotatable bonds is 4. The average Bonchev–Trinajstić information content (AvgIpc) is 2.91. The molecule has 0 unspecified atom stereocenters. The van der Waals surface area contributed by atoms with E-state index in [0.717, 1.165) is 27.6 Å². The van der Waals surface area contributed by atoms with Crippen LogP contribution in [0.1, 0.15) is 22.3 Å². The van der Waals surface area contributed by atoms with E-state index in [1.165, 1.54) is 5.56 Å². The molecule has 3 aromatic rings. The number of fused-ring (bicyclic) bond motifs is 1. The van der Waals surface area contributed by atoms with E-state index in [4.69, 9.17) is 4.74 Å². The third-order valence-corrected chi connectivity index (χ3v) is 3.90. The molecule has 1 N–H and O–H groups in total. The first-order valence-electron chi connectivity index (χ1n) is 7.40. The highest BCUT2D eigenvalue weighted by Gasteiger charge is 2.10. The molecule has 0 spiro atoms. The SMILES string of the molecule is Cc1ccc(C)c(COC(=O)Cc2c[nH]c3ccccc23)c1. The quantitative estimate of drug-likeness (QED) is 0.737. The van der Waals surface area contributed by atoms with E-state index >= 15 is 0 Å². The van der Waals surface area contributed by atoms with Crippen LogP contribution in [-0.2, 0) is 22.6 Å². The zero-order chi connectivity index (χ0) is 15.5. The smallest absolute Gasteiger partial charge is 0.310 e. The minimum atomic E-state index is -0.203. The van der Waals surface area contributed by atoms with Crippen molar-refractivity contribution in [2.45, 2.75) is 26.9 Å². The molecule has 0 radical (unpaired) electrons. The highest BCUT2D eigenvalue weighted by molar-refractivity contribution is 5.87. The van der Waals surface area contributed by atoms with Gasteiger partial charge in [0.05, 0.1) is 6.42 Å². The first-order valence-corrected chi connectivity index (χ1v) is 7.40. The molecule has 0 aliphatic carbocycles. The van der Waals surface area contributed by atoms with Gasteiger partial charge in [0, 0.05) is 17.1 Å². The van der Waals surface area contributed by atoms with Gasteiger partial charge in [0.1, 0.15) is 6.61 Å². The maximum absolute atomic E-state index is 12.1. The second kappa shape index (κ2) is 6.06. The monoisotopic (exact) mass is 293 g/mol. The maximum Gasteiger partial charge on any atom is 0.310 e. The Kier molecular flexibility index (Phi) is 3.96. The lowest BCUT2D eigenvalue weighted by atomic mass is 10.1. The molecule has 3 nitrogen and oxygen atoms in total. The summed E-state index contributed by atoms with van der Waals surface area (Å²) in [6.07, 6.45) is 2.17. The van der Waals surface area contributed by atoms with Crippen LogP contribution in [0, 0.1) is 13.8 Å². The highest BCUT2D eigenvalue weighted by atomic mass is 16.5. The molecule has 0 atom stereocenters. The van der Waals surface area contributed by atoms with Crippen LogP contribution in [-0.4, -0.2) is 11.0 Å². The predicted octanol–water partition coefficient (Wildman–Crippen LogP) is 4.07. The van der Waals surface area contributed by atoms with Crippen molar-refractivity contribution in [1.29, 1.82) is 0 Å². The lowest BCUT2D eigenvalue weighted by Gasteiger charge is -2.08. The number of para-hydroxylation sites is 1. The van der Waals surface area contributed by atoms with Crippen molar-refractivity contribution < 1.29 is 9.53 Å². The molecule has 0 bridgehead atoms. The first kappa shape index (κ1) is 14.4. The van der Waals surface area contributed by atoms with E-state index in [1.807, 2.05) is 44.3 Å². The average molecular weight is 293 g/mol. The van der Waals surface area contributed by atoms with Crippen molar-refractivity contribution in [3.8, 4) is 0 Å². The van der Waals surface area contributed by atoms with Gasteiger partial charge in [-0.1, -0.05) is 42.0 Å². The maximum atomic E-state index is 12.1. The van der Waals surface area contributed by atoms with E-state index in [9.17, 15) is 4.79 Å². The van der Waals surface area contributed by atoms with Crippen LogP contribution >= 0.6 is 0 Å². The van der Waals surface area contributed by atoms with Crippen molar-refractivity contribution in [2.24, 2.45) is 0 Å². The predicted molar refractivity (Wildman–Crippen MR) is 87.7 cm³/mol. The Balaban J connectivity index is 1.67. The van der Waals surface area contributed by atoms with Crippen LogP contribution in [0.15, 0.2) is 48.7 Å². The molecule has 0 fully saturated rings. The fourth-order valence-corrected chi connectivity index (χ4v) is 2.60. The Hall–Kier alpha value is -2.55. The van der Waals surface area contributed by atoms with Gasteiger partial charge in [0.25, 0.3) is 0 Å². The standard InChI is InChI=1S/C19H19NO2/c1-13-7-8-14(2)16(9-13)12-22-19(21)10-15-11-20-18-6-4-3-5-17(15)18/h3-9,11,20H,10,12H2,1-2H3. The Labute approximate surface area is 129 Å². The van der Waals surface area contributed by atoms with Gasteiger partial charge < -0.3 is 9.72 Å². The minimum Gasteiger partial charge on any atom is -0.461 e. The number of H-pyrrole nitrogens is 1. The summed E-state index contributed by atoms with van der Waals surface area (Å²) in [7, 11) is 0. The number of aryl methyl sites for hydroxylation is 2. The number of aromatic nitrogens is 1. The van der Waals surface area contributed by atoms with Gasteiger partial charge in [-0.2, -0.15) is 0 Å². The van der Waals surface area contributed by atoms with E-state index in [-0.39, 0.29) is 12.4 Å². The first-order chi connectivity index (χ1) is 10.6. The number of esters is 1. The Morgan fingerprint density at radius 2 is 1.91 bits per heavy atom. The van der Waals surface area contributed by atoms with E-state index in [1.54, 1.807) is 0 Å². The molecule has 0 aliphatic rings. The summed E-state index contributed by atoms with van der Waals surface area (Å²) >= 11 is 0. The summed E-state index contributed by atoms with van der Waals surface area (Å²) in [5.41, 5.74) is 5.40. The van der Waals surface area contributed by atoms with Crippen LogP contribution in [0.4, 0.5) is 0 Å². The topological polar surface area (TPSA) is 42.1 Å². The van der Waals surface area contributed by atoms with Gasteiger partial charge in [-0.05, 0) is 36.6 Å². The second-order valence-corrected chi connectivity index (χ2v) is 5.63. The summed E-state index contributed by atoms with van der Waals surface area (Å²) in [5, 5.41) is 1.08.